The van der Waals surface area contributed by atoms with Crippen LogP contribution in [-0.2, 0) is 16.1 Å². The molecular weight excluding hydrogens is 399 g/mol. The molecule has 1 aliphatic heterocycles. The number of aromatic nitrogens is 2. The third kappa shape index (κ3) is 4.77. The van der Waals surface area contributed by atoms with E-state index in [1.54, 1.807) is 18.0 Å². The van der Waals surface area contributed by atoms with Gasteiger partial charge in [-0.25, -0.2) is 14.2 Å². The molecule has 0 radical (unpaired) electrons. The van der Waals surface area contributed by atoms with Crippen LogP contribution in [0.3, 0.4) is 0 Å². The number of rotatable bonds is 7. The van der Waals surface area contributed by atoms with Gasteiger partial charge in [0.25, 0.3) is 0 Å². The zero-order chi connectivity index (χ0) is 21.8. The van der Waals surface area contributed by atoms with E-state index in [9.17, 15) is 24.1 Å². The minimum Gasteiger partial charge on any atom is -0.442 e. The number of halogens is 1. The number of amides is 2. The number of carbonyl (C=O) groups excluding carboxylic acids is 2. The van der Waals surface area contributed by atoms with Crippen molar-refractivity contribution >= 4 is 29.2 Å². The molecule has 1 aromatic carbocycles. The topological polar surface area (TPSA) is 131 Å². The van der Waals surface area contributed by atoms with E-state index in [-0.39, 0.29) is 37.0 Å². The third-order valence-corrected chi connectivity index (χ3v) is 4.38. The summed E-state index contributed by atoms with van der Waals surface area (Å²) in [5.41, 5.74) is 1.01. The molecule has 0 spiro atoms. The number of cyclic esters (lactones) is 1. The van der Waals surface area contributed by atoms with E-state index in [4.69, 9.17) is 4.74 Å². The van der Waals surface area contributed by atoms with Crippen LogP contribution in [0.15, 0.2) is 30.6 Å². The van der Waals surface area contributed by atoms with Gasteiger partial charge in [-0.3, -0.25) is 9.69 Å². The molecule has 2 heterocycles. The molecule has 3 rings (SSSR count). The van der Waals surface area contributed by atoms with E-state index in [2.05, 4.69) is 15.3 Å². The number of nitro groups is 1. The highest BCUT2D eigenvalue weighted by atomic mass is 19.1. The maximum Gasteiger partial charge on any atom is 0.414 e. The Labute approximate surface area is 170 Å². The average molecular weight is 418 g/mol. The summed E-state index contributed by atoms with van der Waals surface area (Å²) in [6.07, 6.45) is 1.16. The first-order valence-electron chi connectivity index (χ1n) is 8.93. The average Bonchev–Trinajstić information content (AvgIpc) is 3.07. The molecule has 0 aliphatic carbocycles. The number of hydrogen-bond donors (Lipinski definition) is 1. The van der Waals surface area contributed by atoms with Crippen molar-refractivity contribution in [3.8, 4) is 0 Å². The predicted molar refractivity (Wildman–Crippen MR) is 103 cm³/mol. The van der Waals surface area contributed by atoms with Gasteiger partial charge in [0.1, 0.15) is 23.8 Å². The Morgan fingerprint density at radius 2 is 2.20 bits per heavy atom. The predicted octanol–water partition coefficient (Wildman–Crippen LogP) is 1.62. The molecule has 158 valence electrons. The Hall–Kier alpha value is -3.83. The second-order valence-electron chi connectivity index (χ2n) is 6.67. The van der Waals surface area contributed by atoms with Crippen molar-refractivity contribution in [3.05, 3.63) is 52.2 Å². The molecule has 0 saturated carbocycles. The largest absolute Gasteiger partial charge is 0.442 e. The molecule has 1 N–H and O–H groups in total. The second kappa shape index (κ2) is 8.68. The van der Waals surface area contributed by atoms with Crippen molar-refractivity contribution < 1.29 is 23.6 Å². The van der Waals surface area contributed by atoms with Crippen molar-refractivity contribution in [1.29, 1.82) is 0 Å². The fraction of sp³-hybridized carbons (Fsp3) is 0.333. The molecule has 1 saturated heterocycles. The number of nitrogens with one attached hydrogen (secondary N) is 1. The smallest absolute Gasteiger partial charge is 0.414 e. The fourth-order valence-corrected chi connectivity index (χ4v) is 2.92. The summed E-state index contributed by atoms with van der Waals surface area (Å²) in [5, 5.41) is 13.2. The summed E-state index contributed by atoms with van der Waals surface area (Å²) in [5.74, 6) is -1.17. The van der Waals surface area contributed by atoms with Gasteiger partial charge in [0.2, 0.25) is 5.91 Å². The first kappa shape index (κ1) is 20.9. The van der Waals surface area contributed by atoms with Crippen molar-refractivity contribution in [2.24, 2.45) is 0 Å². The van der Waals surface area contributed by atoms with Crippen molar-refractivity contribution in [1.82, 2.24) is 15.3 Å². The Kier molecular flexibility index (Phi) is 6.04. The molecule has 2 amide bonds. The zero-order valence-electron chi connectivity index (χ0n) is 16.2. The summed E-state index contributed by atoms with van der Waals surface area (Å²) in [6, 6.07) is 4.31. The molecule has 11 nitrogen and oxygen atoms in total. The molecule has 1 aliphatic rings. The van der Waals surface area contributed by atoms with Crippen molar-refractivity contribution in [2.45, 2.75) is 19.6 Å². The van der Waals surface area contributed by atoms with Crippen LogP contribution in [0.4, 0.5) is 26.4 Å². The van der Waals surface area contributed by atoms with E-state index >= 15 is 0 Å². The van der Waals surface area contributed by atoms with E-state index in [1.807, 2.05) is 0 Å². The lowest BCUT2D eigenvalue weighted by atomic mass is 10.2. The van der Waals surface area contributed by atoms with E-state index in [1.165, 1.54) is 30.2 Å². The second-order valence-corrected chi connectivity index (χ2v) is 6.67. The van der Waals surface area contributed by atoms with Crippen LogP contribution < -0.4 is 15.1 Å². The van der Waals surface area contributed by atoms with Gasteiger partial charge in [-0.2, -0.15) is 0 Å². The molecule has 1 atom stereocenters. The van der Waals surface area contributed by atoms with Crippen LogP contribution in [0.5, 0.6) is 0 Å². The number of carbonyl (C=O) groups is 2. The highest BCUT2D eigenvalue weighted by Gasteiger charge is 2.32. The first-order valence-corrected chi connectivity index (χ1v) is 8.93. The lowest BCUT2D eigenvalue weighted by molar-refractivity contribution is -0.389. The maximum absolute atomic E-state index is 14.7. The number of benzene rings is 1. The lowest BCUT2D eigenvalue weighted by Gasteiger charge is -2.21. The van der Waals surface area contributed by atoms with Gasteiger partial charge in [0, 0.05) is 14.0 Å². The Morgan fingerprint density at radius 3 is 2.80 bits per heavy atom. The Bertz CT molecular complexity index is 970. The molecular formula is C18H19FN6O5. The van der Waals surface area contributed by atoms with Gasteiger partial charge in [0.15, 0.2) is 6.20 Å². The SMILES string of the molecule is CC(=O)NCC1CN(c2ccc(N(C)Cc3cnc([N+](=O)[O-])cn3)c(F)c2)C(=O)O1. The normalized spacial score (nSPS) is 15.6. The van der Waals surface area contributed by atoms with Gasteiger partial charge in [-0.1, -0.05) is 0 Å². The van der Waals surface area contributed by atoms with Gasteiger partial charge in [-0.05, 0) is 28.1 Å². The summed E-state index contributed by atoms with van der Waals surface area (Å²) >= 11 is 0. The monoisotopic (exact) mass is 418 g/mol. The fourth-order valence-electron chi connectivity index (χ4n) is 2.92. The van der Waals surface area contributed by atoms with Gasteiger partial charge < -0.3 is 25.1 Å². The van der Waals surface area contributed by atoms with Crippen LogP contribution in [0.25, 0.3) is 0 Å². The number of anilines is 2. The Morgan fingerprint density at radius 1 is 1.43 bits per heavy atom. The molecule has 0 bridgehead atoms. The molecule has 1 aromatic heterocycles. The first-order chi connectivity index (χ1) is 14.2. The molecule has 30 heavy (non-hydrogen) atoms. The zero-order valence-corrected chi connectivity index (χ0v) is 16.2. The quantitative estimate of drug-likeness (QED) is 0.530. The van der Waals surface area contributed by atoms with Gasteiger partial charge in [-0.15, -0.1) is 0 Å². The van der Waals surface area contributed by atoms with Crippen LogP contribution in [0.2, 0.25) is 0 Å². The molecule has 1 fully saturated rings. The van der Waals surface area contributed by atoms with E-state index in [0.29, 0.717) is 11.4 Å². The maximum atomic E-state index is 14.7. The number of hydrogen-bond acceptors (Lipinski definition) is 8. The highest BCUT2D eigenvalue weighted by molar-refractivity contribution is 5.90. The van der Waals surface area contributed by atoms with Crippen molar-refractivity contribution in [2.75, 3.05) is 29.9 Å². The summed E-state index contributed by atoms with van der Waals surface area (Å²) in [6.45, 7) is 1.90. The standard InChI is InChI=1S/C18H19FN6O5/c1-11(26)20-7-14-10-24(18(27)30-14)13-3-4-16(15(19)5-13)23(2)9-12-6-22-17(8-21-12)25(28)29/h3-6,8,14H,7,9-10H2,1-2H3,(H,20,26). The summed E-state index contributed by atoms with van der Waals surface area (Å²) in [4.78, 5) is 43.6. The van der Waals surface area contributed by atoms with Gasteiger partial charge in [0.05, 0.1) is 31.0 Å². The summed E-state index contributed by atoms with van der Waals surface area (Å²) < 4.78 is 19.9. The van der Waals surface area contributed by atoms with Gasteiger partial charge >= 0.3 is 11.9 Å². The van der Waals surface area contributed by atoms with Crippen LogP contribution >= 0.6 is 0 Å². The van der Waals surface area contributed by atoms with Crippen molar-refractivity contribution in [3.63, 3.8) is 0 Å². The third-order valence-electron chi connectivity index (χ3n) is 4.38. The van der Waals surface area contributed by atoms with Crippen LogP contribution in [-0.4, -0.2) is 53.1 Å². The molecule has 12 heteroatoms. The highest BCUT2D eigenvalue weighted by Crippen LogP contribution is 2.28. The van der Waals surface area contributed by atoms with Crippen LogP contribution in [0.1, 0.15) is 12.6 Å². The van der Waals surface area contributed by atoms with E-state index in [0.717, 1.165) is 6.20 Å². The molecule has 1 unspecified atom stereocenters. The summed E-state index contributed by atoms with van der Waals surface area (Å²) in [7, 11) is 1.63. The number of ether oxygens (including phenoxy) is 1. The minimum absolute atomic E-state index is 0.172. The Balaban J connectivity index is 1.68. The lowest BCUT2D eigenvalue weighted by Crippen LogP contribution is -2.33. The minimum atomic E-state index is -0.650. The number of nitrogens with zero attached hydrogens (tertiary/aromatic N) is 5. The van der Waals surface area contributed by atoms with E-state index < -0.39 is 22.9 Å². The molecule has 2 aromatic rings. The van der Waals surface area contributed by atoms with Crippen LogP contribution in [0, 0.1) is 15.9 Å².